The number of carbonyl (C=O) groups excluding carboxylic acids is 2. The standard InChI is InChI=1S/C50H58N4O6/c1-3-5-7-9-11-13-17-37-57-45-33-29-43(30-34-45)53-51-41-25-21-39(22-26-41)49(55)59-47-19-15-16-20-48(47)60-50(56)40-23-27-42(28-24-40)52-54-44-31-35-46(36-32-44)58-38-18-14-12-10-8-6-4-2/h15-16,19-36H,3-14,17-18,37-38H2,1-2H3. The van der Waals surface area contributed by atoms with Crippen molar-refractivity contribution in [3.63, 3.8) is 0 Å². The molecule has 0 saturated carbocycles. The molecule has 0 heterocycles. The van der Waals surface area contributed by atoms with Crippen LogP contribution in [0.5, 0.6) is 23.0 Å². The Balaban J connectivity index is 1.04. The first-order chi connectivity index (χ1) is 29.5. The molecular weight excluding hydrogens is 753 g/mol. The topological polar surface area (TPSA) is 121 Å². The van der Waals surface area contributed by atoms with Crippen LogP contribution in [-0.2, 0) is 0 Å². The summed E-state index contributed by atoms with van der Waals surface area (Å²) in [5.41, 5.74) is 3.11. The van der Waals surface area contributed by atoms with Crippen LogP contribution >= 0.6 is 0 Å². The lowest BCUT2D eigenvalue weighted by Crippen LogP contribution is -2.12. The van der Waals surface area contributed by atoms with Crippen LogP contribution in [0.1, 0.15) is 124 Å². The van der Waals surface area contributed by atoms with Gasteiger partial charge in [0.05, 0.1) is 47.1 Å². The van der Waals surface area contributed by atoms with Crippen LogP contribution in [-0.4, -0.2) is 25.2 Å². The summed E-state index contributed by atoms with van der Waals surface area (Å²) < 4.78 is 23.0. The maximum absolute atomic E-state index is 13.1. The molecule has 0 saturated heterocycles. The van der Waals surface area contributed by atoms with E-state index in [0.29, 0.717) is 47.1 Å². The van der Waals surface area contributed by atoms with E-state index < -0.39 is 11.9 Å². The Morgan fingerprint density at radius 1 is 0.383 bits per heavy atom. The lowest BCUT2D eigenvalue weighted by atomic mass is 10.1. The normalized spacial score (nSPS) is 11.2. The van der Waals surface area contributed by atoms with Gasteiger partial charge in [-0.15, -0.1) is 0 Å². The Morgan fingerprint density at radius 2 is 0.683 bits per heavy atom. The summed E-state index contributed by atoms with van der Waals surface area (Å²) in [7, 11) is 0. The number of rotatable bonds is 26. The fourth-order valence-electron chi connectivity index (χ4n) is 6.21. The van der Waals surface area contributed by atoms with E-state index in [2.05, 4.69) is 34.3 Å². The van der Waals surface area contributed by atoms with Crippen molar-refractivity contribution in [2.45, 2.75) is 104 Å². The van der Waals surface area contributed by atoms with Crippen molar-refractivity contribution in [1.82, 2.24) is 0 Å². The fraction of sp³-hybridized carbons (Fsp3) is 0.360. The summed E-state index contributed by atoms with van der Waals surface area (Å²) in [6, 6.07) is 34.6. The predicted octanol–water partition coefficient (Wildman–Crippen LogP) is 15.2. The van der Waals surface area contributed by atoms with E-state index in [9.17, 15) is 9.59 Å². The number of unbranched alkanes of at least 4 members (excludes halogenated alkanes) is 12. The van der Waals surface area contributed by atoms with Crippen molar-refractivity contribution in [3.8, 4) is 23.0 Å². The minimum Gasteiger partial charge on any atom is -0.494 e. The first kappa shape index (κ1) is 44.9. The molecule has 314 valence electrons. The Morgan fingerprint density at radius 3 is 1.02 bits per heavy atom. The van der Waals surface area contributed by atoms with Gasteiger partial charge in [-0.1, -0.05) is 103 Å². The van der Waals surface area contributed by atoms with Crippen LogP contribution in [0.15, 0.2) is 142 Å². The molecule has 0 aliphatic carbocycles. The largest absolute Gasteiger partial charge is 0.494 e. The SMILES string of the molecule is CCCCCCCCCOc1ccc(N=Nc2ccc(C(=O)Oc3ccccc3OC(=O)c3ccc(N=Nc4ccc(OCCCCCCCCC)cc4)cc3)cc2)cc1. The number of nitrogens with zero attached hydrogens (tertiary/aromatic N) is 4. The number of para-hydroxylation sites is 2. The highest BCUT2D eigenvalue weighted by Gasteiger charge is 2.16. The van der Waals surface area contributed by atoms with Crippen LogP contribution < -0.4 is 18.9 Å². The Bertz CT molecular complexity index is 1910. The molecule has 5 aromatic carbocycles. The molecule has 0 unspecified atom stereocenters. The summed E-state index contributed by atoms with van der Waals surface area (Å²) in [6.45, 7) is 5.88. The first-order valence-corrected chi connectivity index (χ1v) is 21.5. The third kappa shape index (κ3) is 16.2. The highest BCUT2D eigenvalue weighted by molar-refractivity contribution is 5.93. The number of hydrogen-bond donors (Lipinski definition) is 0. The summed E-state index contributed by atoms with van der Waals surface area (Å²) in [5, 5.41) is 17.2. The molecule has 0 radical (unpaired) electrons. The van der Waals surface area contributed by atoms with E-state index in [0.717, 1.165) is 24.3 Å². The lowest BCUT2D eigenvalue weighted by molar-refractivity contribution is 0.0682. The van der Waals surface area contributed by atoms with Gasteiger partial charge in [-0.05, 0) is 122 Å². The number of ether oxygens (including phenoxy) is 4. The van der Waals surface area contributed by atoms with Crippen LogP contribution in [0.3, 0.4) is 0 Å². The van der Waals surface area contributed by atoms with Gasteiger partial charge in [0.25, 0.3) is 0 Å². The molecule has 0 N–H and O–H groups in total. The van der Waals surface area contributed by atoms with Gasteiger partial charge in [0.15, 0.2) is 11.5 Å². The molecule has 0 aliphatic rings. The third-order valence-corrected chi connectivity index (χ3v) is 9.73. The number of hydrogen-bond acceptors (Lipinski definition) is 10. The van der Waals surface area contributed by atoms with Gasteiger partial charge in [-0.25, -0.2) is 9.59 Å². The monoisotopic (exact) mass is 810 g/mol. The Hall–Kier alpha value is -6.16. The van der Waals surface area contributed by atoms with Gasteiger partial charge in [0, 0.05) is 0 Å². The Kier molecular flexibility index (Phi) is 19.5. The number of esters is 2. The lowest BCUT2D eigenvalue weighted by Gasteiger charge is -2.10. The highest BCUT2D eigenvalue weighted by Crippen LogP contribution is 2.30. The van der Waals surface area contributed by atoms with Gasteiger partial charge in [-0.2, -0.15) is 20.5 Å². The summed E-state index contributed by atoms with van der Waals surface area (Å²) >= 11 is 0. The van der Waals surface area contributed by atoms with Crippen LogP contribution in [0.4, 0.5) is 22.7 Å². The average Bonchev–Trinajstić information content (AvgIpc) is 3.28. The highest BCUT2D eigenvalue weighted by atomic mass is 16.6. The number of carbonyl (C=O) groups is 2. The number of benzene rings is 5. The van der Waals surface area contributed by atoms with Gasteiger partial charge in [0.1, 0.15) is 11.5 Å². The van der Waals surface area contributed by atoms with E-state index in [1.165, 1.54) is 77.0 Å². The molecule has 10 nitrogen and oxygen atoms in total. The third-order valence-electron chi connectivity index (χ3n) is 9.73. The van der Waals surface area contributed by atoms with Crippen molar-refractivity contribution in [2.75, 3.05) is 13.2 Å². The molecule has 10 heteroatoms. The molecule has 0 fully saturated rings. The van der Waals surface area contributed by atoms with Gasteiger partial charge >= 0.3 is 11.9 Å². The number of azo groups is 2. The summed E-state index contributed by atoms with van der Waals surface area (Å²) in [5.74, 6) is 0.599. The zero-order valence-electron chi connectivity index (χ0n) is 35.1. The van der Waals surface area contributed by atoms with Gasteiger partial charge < -0.3 is 18.9 Å². The van der Waals surface area contributed by atoms with Gasteiger partial charge in [-0.3, -0.25) is 0 Å². The van der Waals surface area contributed by atoms with E-state index in [4.69, 9.17) is 18.9 Å². The smallest absolute Gasteiger partial charge is 0.343 e. The first-order valence-electron chi connectivity index (χ1n) is 21.5. The van der Waals surface area contributed by atoms with E-state index in [1.807, 2.05) is 48.5 Å². The molecule has 0 bridgehead atoms. The minimum absolute atomic E-state index is 0.106. The molecule has 5 aromatic rings. The minimum atomic E-state index is -0.616. The predicted molar refractivity (Wildman–Crippen MR) is 237 cm³/mol. The molecule has 0 atom stereocenters. The van der Waals surface area contributed by atoms with Crippen molar-refractivity contribution >= 4 is 34.7 Å². The molecule has 0 spiro atoms. The van der Waals surface area contributed by atoms with E-state index >= 15 is 0 Å². The fourth-order valence-corrected chi connectivity index (χ4v) is 6.21. The van der Waals surface area contributed by atoms with E-state index in [-0.39, 0.29) is 11.5 Å². The van der Waals surface area contributed by atoms with Crippen molar-refractivity contribution in [3.05, 3.63) is 132 Å². The van der Waals surface area contributed by atoms with E-state index in [1.54, 1.807) is 72.8 Å². The second kappa shape index (κ2) is 26.0. The molecular formula is C50H58N4O6. The van der Waals surface area contributed by atoms with Crippen LogP contribution in [0.2, 0.25) is 0 Å². The summed E-state index contributed by atoms with van der Waals surface area (Å²) in [6.07, 6.45) is 17.4. The zero-order chi connectivity index (χ0) is 42.0. The van der Waals surface area contributed by atoms with Crippen molar-refractivity contribution in [1.29, 1.82) is 0 Å². The second-order valence-electron chi connectivity index (χ2n) is 14.6. The van der Waals surface area contributed by atoms with Crippen molar-refractivity contribution in [2.24, 2.45) is 20.5 Å². The average molecular weight is 811 g/mol. The molecule has 5 rings (SSSR count). The van der Waals surface area contributed by atoms with Crippen LogP contribution in [0.25, 0.3) is 0 Å². The maximum atomic E-state index is 13.1. The molecule has 60 heavy (non-hydrogen) atoms. The quantitative estimate of drug-likeness (QED) is 0.0237. The van der Waals surface area contributed by atoms with Crippen molar-refractivity contribution < 1.29 is 28.5 Å². The second-order valence-corrected chi connectivity index (χ2v) is 14.6. The van der Waals surface area contributed by atoms with Crippen LogP contribution in [0, 0.1) is 0 Å². The molecule has 0 aliphatic heterocycles. The maximum Gasteiger partial charge on any atom is 0.343 e. The van der Waals surface area contributed by atoms with Gasteiger partial charge in [0.2, 0.25) is 0 Å². The summed E-state index contributed by atoms with van der Waals surface area (Å²) in [4.78, 5) is 26.1. The molecule has 0 amide bonds. The Labute approximate surface area is 355 Å². The molecule has 0 aromatic heterocycles. The zero-order valence-corrected chi connectivity index (χ0v) is 35.1.